The highest BCUT2D eigenvalue weighted by Crippen LogP contribution is 2.06. The van der Waals surface area contributed by atoms with Crippen molar-refractivity contribution in [3.05, 3.63) is 42.5 Å². The van der Waals surface area contributed by atoms with E-state index in [1.807, 2.05) is 0 Å². The van der Waals surface area contributed by atoms with Crippen molar-refractivity contribution in [1.82, 2.24) is 14.9 Å². The quantitative estimate of drug-likeness (QED) is 0.732. The van der Waals surface area contributed by atoms with Crippen molar-refractivity contribution < 1.29 is 9.59 Å². The van der Waals surface area contributed by atoms with Gasteiger partial charge in [0.15, 0.2) is 5.82 Å². The van der Waals surface area contributed by atoms with Gasteiger partial charge >= 0.3 is 0 Å². The molecule has 0 saturated heterocycles. The van der Waals surface area contributed by atoms with Crippen molar-refractivity contribution in [3.8, 4) is 0 Å². The normalized spacial score (nSPS) is 16.0. The van der Waals surface area contributed by atoms with Crippen LogP contribution in [0.1, 0.15) is 18.7 Å². The number of nitrogens with zero attached hydrogens (tertiary/aromatic N) is 3. The number of hydrogen-bond donors (Lipinski definition) is 0. The van der Waals surface area contributed by atoms with Crippen molar-refractivity contribution in [1.29, 1.82) is 0 Å². The summed E-state index contributed by atoms with van der Waals surface area (Å²) >= 11 is 0. The Balaban J connectivity index is 2.05. The molecule has 0 aliphatic carbocycles. The minimum Gasteiger partial charge on any atom is -0.275 e. The lowest BCUT2D eigenvalue weighted by atomic mass is 10.3. The zero-order valence-corrected chi connectivity index (χ0v) is 9.82. The number of rotatable bonds is 2. The van der Waals surface area contributed by atoms with Crippen molar-refractivity contribution in [2.24, 2.45) is 0 Å². The van der Waals surface area contributed by atoms with E-state index in [9.17, 15) is 9.59 Å². The third-order valence-electron chi connectivity index (χ3n) is 2.51. The standard InChI is InChI=1S/C13H13N3O2/c17-12-5-2-1-3-10-16(12)13(18)7-6-11-14-8-4-9-15-11/h2,4-9H,1,3,10H2. The molecule has 5 heteroatoms. The van der Waals surface area contributed by atoms with Gasteiger partial charge in [0.05, 0.1) is 0 Å². The third-order valence-corrected chi connectivity index (χ3v) is 2.51. The molecule has 0 unspecified atom stereocenters. The highest BCUT2D eigenvalue weighted by Gasteiger charge is 2.18. The second-order valence-electron chi connectivity index (χ2n) is 3.81. The average molecular weight is 243 g/mol. The van der Waals surface area contributed by atoms with Crippen LogP contribution in [0.5, 0.6) is 0 Å². The summed E-state index contributed by atoms with van der Waals surface area (Å²) in [6, 6.07) is 1.70. The smallest absolute Gasteiger partial charge is 0.253 e. The summed E-state index contributed by atoms with van der Waals surface area (Å²) in [5, 5.41) is 0. The molecule has 1 aromatic rings. The lowest BCUT2D eigenvalue weighted by Crippen LogP contribution is -2.34. The van der Waals surface area contributed by atoms with E-state index in [1.54, 1.807) is 24.5 Å². The number of carbonyl (C=O) groups is 2. The van der Waals surface area contributed by atoms with Crippen LogP contribution in [0.4, 0.5) is 0 Å². The van der Waals surface area contributed by atoms with Crippen molar-refractivity contribution in [3.63, 3.8) is 0 Å². The van der Waals surface area contributed by atoms with Gasteiger partial charge in [0.25, 0.3) is 11.8 Å². The van der Waals surface area contributed by atoms with Gasteiger partial charge in [-0.05, 0) is 31.1 Å². The largest absolute Gasteiger partial charge is 0.275 e. The highest BCUT2D eigenvalue weighted by atomic mass is 16.2. The lowest BCUT2D eigenvalue weighted by Gasteiger charge is -2.15. The maximum absolute atomic E-state index is 11.9. The molecule has 0 atom stereocenters. The van der Waals surface area contributed by atoms with E-state index in [-0.39, 0.29) is 11.8 Å². The molecule has 0 N–H and O–H groups in total. The van der Waals surface area contributed by atoms with Gasteiger partial charge in [0.1, 0.15) is 0 Å². The Bertz CT molecular complexity index is 494. The number of carbonyl (C=O) groups excluding carboxylic acids is 2. The van der Waals surface area contributed by atoms with Gasteiger partial charge in [0.2, 0.25) is 0 Å². The van der Waals surface area contributed by atoms with Gasteiger partial charge in [-0.3, -0.25) is 14.5 Å². The summed E-state index contributed by atoms with van der Waals surface area (Å²) in [5.41, 5.74) is 0. The first-order valence-corrected chi connectivity index (χ1v) is 5.74. The van der Waals surface area contributed by atoms with Crippen LogP contribution in [-0.2, 0) is 9.59 Å². The number of allylic oxidation sites excluding steroid dienone is 1. The second-order valence-corrected chi connectivity index (χ2v) is 3.81. The number of hydrogen-bond acceptors (Lipinski definition) is 4. The molecular formula is C13H13N3O2. The lowest BCUT2D eigenvalue weighted by molar-refractivity contribution is -0.138. The maximum atomic E-state index is 11.9. The van der Waals surface area contributed by atoms with Crippen LogP contribution in [0, 0.1) is 0 Å². The zero-order chi connectivity index (χ0) is 12.8. The van der Waals surface area contributed by atoms with E-state index in [1.165, 1.54) is 23.1 Å². The first-order chi connectivity index (χ1) is 8.77. The summed E-state index contributed by atoms with van der Waals surface area (Å²) in [6.07, 6.45) is 10.9. The molecule has 2 amide bonds. The average Bonchev–Trinajstić information content (AvgIpc) is 2.62. The van der Waals surface area contributed by atoms with Crippen LogP contribution in [0.3, 0.4) is 0 Å². The molecule has 0 aromatic carbocycles. The molecule has 18 heavy (non-hydrogen) atoms. The third kappa shape index (κ3) is 3.10. The van der Waals surface area contributed by atoms with Gasteiger partial charge in [-0.1, -0.05) is 6.08 Å². The fourth-order valence-corrected chi connectivity index (χ4v) is 1.60. The topological polar surface area (TPSA) is 63.2 Å². The van der Waals surface area contributed by atoms with Gasteiger partial charge < -0.3 is 0 Å². The molecule has 0 radical (unpaired) electrons. The van der Waals surface area contributed by atoms with E-state index in [2.05, 4.69) is 9.97 Å². The van der Waals surface area contributed by atoms with Crippen LogP contribution in [-0.4, -0.2) is 33.2 Å². The number of amides is 2. The van der Waals surface area contributed by atoms with Gasteiger partial charge in [0, 0.05) is 25.0 Å². The summed E-state index contributed by atoms with van der Waals surface area (Å²) in [5.74, 6) is -0.154. The van der Waals surface area contributed by atoms with Gasteiger partial charge in [-0.25, -0.2) is 9.97 Å². The molecule has 0 spiro atoms. The Labute approximate surface area is 105 Å². The molecule has 1 aliphatic rings. The minimum atomic E-state index is -0.334. The fraction of sp³-hybridized carbons (Fsp3) is 0.231. The minimum absolute atomic E-state index is 0.267. The molecule has 0 bridgehead atoms. The predicted molar refractivity (Wildman–Crippen MR) is 66.2 cm³/mol. The zero-order valence-electron chi connectivity index (χ0n) is 9.82. The van der Waals surface area contributed by atoms with Crippen LogP contribution in [0.25, 0.3) is 6.08 Å². The summed E-state index contributed by atoms with van der Waals surface area (Å²) < 4.78 is 0. The molecule has 5 nitrogen and oxygen atoms in total. The molecule has 0 saturated carbocycles. The van der Waals surface area contributed by atoms with Crippen molar-refractivity contribution in [2.75, 3.05) is 6.54 Å². The van der Waals surface area contributed by atoms with E-state index < -0.39 is 0 Å². The molecule has 1 aliphatic heterocycles. The molecule has 0 fully saturated rings. The summed E-state index contributed by atoms with van der Waals surface area (Å²) in [6.45, 7) is 0.449. The highest BCUT2D eigenvalue weighted by molar-refractivity contribution is 6.06. The molecule has 2 heterocycles. The summed E-state index contributed by atoms with van der Waals surface area (Å²) in [4.78, 5) is 32.6. The second kappa shape index (κ2) is 5.86. The monoisotopic (exact) mass is 243 g/mol. The fourth-order valence-electron chi connectivity index (χ4n) is 1.60. The molecular weight excluding hydrogens is 230 g/mol. The predicted octanol–water partition coefficient (Wildman–Crippen LogP) is 1.20. The van der Waals surface area contributed by atoms with Crippen LogP contribution < -0.4 is 0 Å². The maximum Gasteiger partial charge on any atom is 0.253 e. The first-order valence-electron chi connectivity index (χ1n) is 5.74. The number of imide groups is 1. The van der Waals surface area contributed by atoms with Crippen LogP contribution in [0.2, 0.25) is 0 Å². The Morgan fingerprint density at radius 3 is 2.89 bits per heavy atom. The van der Waals surface area contributed by atoms with E-state index >= 15 is 0 Å². The molecule has 1 aromatic heterocycles. The van der Waals surface area contributed by atoms with Crippen molar-refractivity contribution >= 4 is 17.9 Å². The van der Waals surface area contributed by atoms with E-state index in [0.717, 1.165) is 12.8 Å². The Morgan fingerprint density at radius 1 is 1.33 bits per heavy atom. The summed E-state index contributed by atoms with van der Waals surface area (Å²) in [7, 11) is 0. The van der Waals surface area contributed by atoms with Crippen LogP contribution in [0.15, 0.2) is 36.7 Å². The van der Waals surface area contributed by atoms with Gasteiger partial charge in [-0.15, -0.1) is 0 Å². The van der Waals surface area contributed by atoms with E-state index in [4.69, 9.17) is 0 Å². The first kappa shape index (κ1) is 12.2. The van der Waals surface area contributed by atoms with E-state index in [0.29, 0.717) is 12.4 Å². The Morgan fingerprint density at radius 2 is 2.11 bits per heavy atom. The molecule has 92 valence electrons. The van der Waals surface area contributed by atoms with Crippen LogP contribution >= 0.6 is 0 Å². The Hall–Kier alpha value is -2.30. The SMILES string of the molecule is O=C1C=CCCCN1C(=O)C=Cc1ncccn1. The molecule has 2 rings (SSSR count). The Kier molecular flexibility index (Phi) is 3.96. The van der Waals surface area contributed by atoms with Gasteiger partial charge in [-0.2, -0.15) is 0 Å². The van der Waals surface area contributed by atoms with Crippen molar-refractivity contribution in [2.45, 2.75) is 12.8 Å². The number of aromatic nitrogens is 2.